The van der Waals surface area contributed by atoms with Gasteiger partial charge < -0.3 is 15.6 Å². The van der Waals surface area contributed by atoms with Crippen LogP contribution in [0.2, 0.25) is 5.02 Å². The van der Waals surface area contributed by atoms with E-state index in [0.717, 1.165) is 11.1 Å². The van der Waals surface area contributed by atoms with Crippen LogP contribution >= 0.6 is 11.6 Å². The lowest BCUT2D eigenvalue weighted by atomic mass is 9.45. The van der Waals surface area contributed by atoms with Crippen molar-refractivity contribution in [1.82, 2.24) is 20.1 Å². The van der Waals surface area contributed by atoms with E-state index in [1.54, 1.807) is 6.07 Å². The third-order valence-corrected chi connectivity index (χ3v) is 7.67. The van der Waals surface area contributed by atoms with E-state index in [0.29, 0.717) is 34.4 Å². The van der Waals surface area contributed by atoms with Crippen LogP contribution in [-0.2, 0) is 17.9 Å². The second-order valence-corrected chi connectivity index (χ2v) is 9.76. The molecule has 8 nitrogen and oxygen atoms in total. The number of nitrogens with zero attached hydrogens (tertiary/aromatic N) is 2. The van der Waals surface area contributed by atoms with Gasteiger partial charge in [0.25, 0.3) is 5.56 Å². The Balaban J connectivity index is 1.39. The second kappa shape index (κ2) is 8.15. The lowest BCUT2D eigenvalue weighted by molar-refractivity contribution is -0.122. The standard InChI is InChI=1S/C22H28ClN5O3/c1-12-15-7-14(22(15,2)3)8-16(12)27-17-10-26-28(21(31)20(17)23)11-19(30)25-9-13-4-5-24-18(29)6-13/h4-6,10,12,14-16,27H,7-9,11H2,1-3H3,(H,24,29)(H,25,30)/t12-,14+,15+,16+/m0/s1. The molecule has 166 valence electrons. The van der Waals surface area contributed by atoms with Crippen molar-refractivity contribution in [2.75, 3.05) is 5.32 Å². The van der Waals surface area contributed by atoms with Gasteiger partial charge in [0.1, 0.15) is 11.6 Å². The fourth-order valence-corrected chi connectivity index (χ4v) is 5.41. The van der Waals surface area contributed by atoms with E-state index in [9.17, 15) is 14.4 Å². The molecule has 0 aliphatic heterocycles. The fraction of sp³-hybridized carbons (Fsp3) is 0.545. The lowest BCUT2D eigenvalue weighted by Gasteiger charge is -2.62. The third kappa shape index (κ3) is 4.13. The Hall–Kier alpha value is -2.61. The molecule has 3 aliphatic carbocycles. The van der Waals surface area contributed by atoms with Crippen molar-refractivity contribution in [2.45, 2.75) is 52.7 Å². The number of aromatic nitrogens is 3. The summed E-state index contributed by atoms with van der Waals surface area (Å²) < 4.78 is 1.05. The summed E-state index contributed by atoms with van der Waals surface area (Å²) in [5, 5.41) is 10.3. The molecule has 2 aromatic rings. The molecule has 3 aliphatic rings. The van der Waals surface area contributed by atoms with Gasteiger partial charge in [0, 0.05) is 24.8 Å². The van der Waals surface area contributed by atoms with Crippen LogP contribution < -0.4 is 21.8 Å². The zero-order chi connectivity index (χ0) is 22.3. The highest BCUT2D eigenvalue weighted by Gasteiger charge is 2.56. The number of rotatable bonds is 6. The normalized spacial score (nSPS) is 26.1. The first-order valence-electron chi connectivity index (χ1n) is 10.6. The number of nitrogens with one attached hydrogen (secondary N) is 3. The molecule has 3 N–H and O–H groups in total. The van der Waals surface area contributed by atoms with Crippen LogP contribution in [0.3, 0.4) is 0 Å². The predicted octanol–water partition coefficient (Wildman–Crippen LogP) is 2.38. The maximum Gasteiger partial charge on any atom is 0.288 e. The van der Waals surface area contributed by atoms with E-state index in [1.807, 2.05) is 0 Å². The zero-order valence-corrected chi connectivity index (χ0v) is 18.7. The molecule has 0 unspecified atom stereocenters. The monoisotopic (exact) mass is 445 g/mol. The van der Waals surface area contributed by atoms with E-state index >= 15 is 0 Å². The van der Waals surface area contributed by atoms with Crippen molar-refractivity contribution >= 4 is 23.2 Å². The van der Waals surface area contributed by atoms with Crippen molar-refractivity contribution in [1.29, 1.82) is 0 Å². The first-order valence-corrected chi connectivity index (χ1v) is 11.0. The highest BCUT2D eigenvalue weighted by molar-refractivity contribution is 6.32. The molecule has 5 rings (SSSR count). The minimum absolute atomic E-state index is 0.0445. The van der Waals surface area contributed by atoms with Gasteiger partial charge in [-0.05, 0) is 47.6 Å². The minimum atomic E-state index is -0.507. The van der Waals surface area contributed by atoms with Gasteiger partial charge in [-0.2, -0.15) is 5.10 Å². The number of halogens is 1. The molecular weight excluding hydrogens is 418 g/mol. The summed E-state index contributed by atoms with van der Waals surface area (Å²) >= 11 is 6.34. The summed E-state index contributed by atoms with van der Waals surface area (Å²) in [6.45, 7) is 6.88. The Bertz CT molecular complexity index is 1110. The summed E-state index contributed by atoms with van der Waals surface area (Å²) in [4.78, 5) is 38.7. The molecule has 0 saturated heterocycles. The van der Waals surface area contributed by atoms with Gasteiger partial charge in [0.05, 0.1) is 11.9 Å². The number of carbonyl (C=O) groups excluding carboxylic acids is 1. The highest BCUT2D eigenvalue weighted by Crippen LogP contribution is 2.61. The van der Waals surface area contributed by atoms with Gasteiger partial charge in [-0.3, -0.25) is 14.4 Å². The number of hydrogen-bond acceptors (Lipinski definition) is 5. The van der Waals surface area contributed by atoms with Crippen LogP contribution in [0, 0.1) is 23.2 Å². The van der Waals surface area contributed by atoms with Crippen molar-refractivity contribution < 1.29 is 4.79 Å². The molecule has 3 fully saturated rings. The molecule has 2 heterocycles. The molecule has 0 spiro atoms. The van der Waals surface area contributed by atoms with Gasteiger partial charge >= 0.3 is 0 Å². The molecule has 2 aromatic heterocycles. The Kier molecular flexibility index (Phi) is 5.68. The molecule has 3 saturated carbocycles. The Morgan fingerprint density at radius 1 is 1.35 bits per heavy atom. The lowest BCUT2D eigenvalue weighted by Crippen LogP contribution is -2.58. The van der Waals surface area contributed by atoms with E-state index < -0.39 is 11.5 Å². The number of fused-ring (bicyclic) bond motifs is 2. The van der Waals surface area contributed by atoms with E-state index in [-0.39, 0.29) is 29.7 Å². The maximum atomic E-state index is 12.6. The molecule has 0 radical (unpaired) electrons. The number of amides is 1. The average Bonchev–Trinajstić information content (AvgIpc) is 2.73. The Morgan fingerprint density at radius 2 is 2.13 bits per heavy atom. The topological polar surface area (TPSA) is 109 Å². The van der Waals surface area contributed by atoms with E-state index in [1.165, 1.54) is 24.9 Å². The quantitative estimate of drug-likeness (QED) is 0.632. The first-order chi connectivity index (χ1) is 14.7. The van der Waals surface area contributed by atoms with Gasteiger partial charge in [-0.15, -0.1) is 0 Å². The Labute approximate surface area is 185 Å². The number of carbonyl (C=O) groups is 1. The predicted molar refractivity (Wildman–Crippen MR) is 119 cm³/mol. The molecule has 0 aromatic carbocycles. The van der Waals surface area contributed by atoms with Crippen molar-refractivity contribution in [2.24, 2.45) is 23.2 Å². The number of hydrogen-bond donors (Lipinski definition) is 3. The SMILES string of the molecule is C[C@H]1[C@H]2C[C@H](C[C@H]1Nc1cnn(CC(=O)NCc3cc[nH]c(=O)c3)c(=O)c1Cl)C2(C)C. The second-order valence-electron chi connectivity index (χ2n) is 9.38. The number of aromatic amines is 1. The third-order valence-electron chi connectivity index (χ3n) is 7.30. The van der Waals surface area contributed by atoms with Crippen molar-refractivity contribution in [3.63, 3.8) is 0 Å². The fourth-order valence-electron chi connectivity index (χ4n) is 5.21. The van der Waals surface area contributed by atoms with Crippen molar-refractivity contribution in [3.8, 4) is 0 Å². The number of pyridine rings is 1. The summed E-state index contributed by atoms with van der Waals surface area (Å²) in [6.07, 6.45) is 5.35. The van der Waals surface area contributed by atoms with Crippen molar-refractivity contribution in [3.05, 3.63) is 55.8 Å². The minimum Gasteiger partial charge on any atom is -0.379 e. The van der Waals surface area contributed by atoms with Gasteiger partial charge in [-0.1, -0.05) is 32.4 Å². The smallest absolute Gasteiger partial charge is 0.288 e. The number of H-pyrrole nitrogens is 1. The molecule has 1 amide bonds. The van der Waals surface area contributed by atoms with Crippen LogP contribution in [0.25, 0.3) is 0 Å². The molecule has 9 heteroatoms. The summed E-state index contributed by atoms with van der Waals surface area (Å²) in [7, 11) is 0. The summed E-state index contributed by atoms with van der Waals surface area (Å²) in [5.41, 5.74) is 0.809. The molecule has 2 bridgehead atoms. The van der Waals surface area contributed by atoms with Crippen LogP contribution in [0.4, 0.5) is 5.69 Å². The van der Waals surface area contributed by atoms with Gasteiger partial charge in [0.2, 0.25) is 11.5 Å². The van der Waals surface area contributed by atoms with Crippen LogP contribution in [0.15, 0.2) is 34.1 Å². The van der Waals surface area contributed by atoms with Gasteiger partial charge in [0.15, 0.2) is 0 Å². The molecule has 31 heavy (non-hydrogen) atoms. The zero-order valence-electron chi connectivity index (χ0n) is 17.9. The largest absolute Gasteiger partial charge is 0.379 e. The highest BCUT2D eigenvalue weighted by atomic mass is 35.5. The van der Waals surface area contributed by atoms with Crippen LogP contribution in [-0.4, -0.2) is 26.7 Å². The summed E-state index contributed by atoms with van der Waals surface area (Å²) in [6, 6.07) is 3.35. The Morgan fingerprint density at radius 3 is 2.81 bits per heavy atom. The molecular formula is C22H28ClN5O3. The average molecular weight is 446 g/mol. The first kappa shape index (κ1) is 21.6. The van der Waals surface area contributed by atoms with Crippen LogP contribution in [0.5, 0.6) is 0 Å². The van der Waals surface area contributed by atoms with E-state index in [4.69, 9.17) is 11.6 Å². The van der Waals surface area contributed by atoms with E-state index in [2.05, 4.69) is 41.5 Å². The van der Waals surface area contributed by atoms with Gasteiger partial charge in [-0.25, -0.2) is 4.68 Å². The van der Waals surface area contributed by atoms with Crippen LogP contribution in [0.1, 0.15) is 39.2 Å². The summed E-state index contributed by atoms with van der Waals surface area (Å²) in [5.74, 6) is 1.44. The number of anilines is 1. The maximum absolute atomic E-state index is 12.6. The molecule has 4 atom stereocenters.